The largest absolute Gasteiger partial charge is 0.465 e. The Kier molecular flexibility index (Phi) is 5.54. The van der Waals surface area contributed by atoms with E-state index in [1.165, 1.54) is 0 Å². The molecule has 21 heavy (non-hydrogen) atoms. The van der Waals surface area contributed by atoms with Crippen molar-refractivity contribution < 1.29 is 22.7 Å². The molecule has 0 fully saturated rings. The average Bonchev–Trinajstić information content (AvgIpc) is 2.37. The molecule has 0 bridgehead atoms. The first-order valence-electron chi connectivity index (χ1n) is 6.22. The summed E-state index contributed by atoms with van der Waals surface area (Å²) in [5.74, 6) is -0.949. The molecule has 0 radical (unpaired) electrons. The standard InChI is InChI=1S/C13H17F3N2O3/c1-17(2)7-4-8-18-10(13(14,15)16)6-5-9(11(18)19)12(20)21-3/h5-6H,4,7-8H2,1-3H3. The number of halogens is 3. The summed E-state index contributed by atoms with van der Waals surface area (Å²) in [6.07, 6.45) is -4.31. The first-order valence-corrected chi connectivity index (χ1v) is 6.22. The number of rotatable bonds is 5. The van der Waals surface area contributed by atoms with Crippen molar-refractivity contribution in [3.05, 3.63) is 33.7 Å². The maximum atomic E-state index is 12.9. The molecule has 0 unspecified atom stereocenters. The molecule has 0 saturated carbocycles. The Morgan fingerprint density at radius 2 is 1.95 bits per heavy atom. The van der Waals surface area contributed by atoms with Crippen LogP contribution in [-0.4, -0.2) is 43.2 Å². The van der Waals surface area contributed by atoms with Crippen molar-refractivity contribution in [3.63, 3.8) is 0 Å². The lowest BCUT2D eigenvalue weighted by atomic mass is 10.2. The van der Waals surface area contributed by atoms with E-state index in [9.17, 15) is 22.8 Å². The van der Waals surface area contributed by atoms with Gasteiger partial charge < -0.3 is 14.2 Å². The summed E-state index contributed by atoms with van der Waals surface area (Å²) in [6, 6.07) is 1.57. The molecular weight excluding hydrogens is 289 g/mol. The number of hydrogen-bond donors (Lipinski definition) is 0. The van der Waals surface area contributed by atoms with Gasteiger partial charge >= 0.3 is 12.1 Å². The van der Waals surface area contributed by atoms with E-state index in [-0.39, 0.29) is 6.54 Å². The van der Waals surface area contributed by atoms with Gasteiger partial charge in [-0.15, -0.1) is 0 Å². The van der Waals surface area contributed by atoms with Gasteiger partial charge in [-0.1, -0.05) is 0 Å². The smallest absolute Gasteiger partial charge is 0.431 e. The third kappa shape index (κ3) is 4.32. The number of alkyl halides is 3. The highest BCUT2D eigenvalue weighted by Gasteiger charge is 2.35. The lowest BCUT2D eigenvalue weighted by Gasteiger charge is -2.17. The normalized spacial score (nSPS) is 11.8. The molecule has 0 amide bonds. The van der Waals surface area contributed by atoms with E-state index in [1.807, 2.05) is 0 Å². The summed E-state index contributed by atoms with van der Waals surface area (Å²) < 4.78 is 43.8. The SMILES string of the molecule is COC(=O)c1ccc(C(F)(F)F)n(CCCN(C)C)c1=O. The summed E-state index contributed by atoms with van der Waals surface area (Å²) >= 11 is 0. The second kappa shape index (κ2) is 6.75. The van der Waals surface area contributed by atoms with Crippen LogP contribution in [0.25, 0.3) is 0 Å². The quantitative estimate of drug-likeness (QED) is 0.776. The van der Waals surface area contributed by atoms with Crippen molar-refractivity contribution in [1.29, 1.82) is 0 Å². The molecule has 0 aliphatic heterocycles. The number of hydrogen-bond acceptors (Lipinski definition) is 4. The summed E-state index contributed by atoms with van der Waals surface area (Å²) in [6.45, 7) is 0.392. The Morgan fingerprint density at radius 1 is 1.33 bits per heavy atom. The molecule has 8 heteroatoms. The minimum absolute atomic E-state index is 0.128. The molecule has 1 rings (SSSR count). The van der Waals surface area contributed by atoms with Crippen LogP contribution in [0, 0.1) is 0 Å². The van der Waals surface area contributed by atoms with Gasteiger partial charge in [-0.25, -0.2) is 4.79 Å². The maximum Gasteiger partial charge on any atom is 0.431 e. The molecular formula is C13H17F3N2O3. The molecule has 1 aromatic heterocycles. The van der Waals surface area contributed by atoms with Gasteiger partial charge in [-0.05, 0) is 39.2 Å². The average molecular weight is 306 g/mol. The van der Waals surface area contributed by atoms with Crippen molar-refractivity contribution in [2.24, 2.45) is 0 Å². The highest BCUT2D eigenvalue weighted by molar-refractivity contribution is 5.88. The number of methoxy groups -OCH3 is 1. The van der Waals surface area contributed by atoms with E-state index in [4.69, 9.17) is 0 Å². The molecule has 118 valence electrons. The van der Waals surface area contributed by atoms with Crippen LogP contribution in [0.1, 0.15) is 22.5 Å². The first-order chi connectivity index (χ1) is 9.68. The van der Waals surface area contributed by atoms with Crippen molar-refractivity contribution in [2.45, 2.75) is 19.1 Å². The van der Waals surface area contributed by atoms with E-state index in [0.717, 1.165) is 19.2 Å². The highest BCUT2D eigenvalue weighted by Crippen LogP contribution is 2.28. The topological polar surface area (TPSA) is 51.5 Å². The molecule has 0 N–H and O–H groups in total. The van der Waals surface area contributed by atoms with Gasteiger partial charge in [-0.2, -0.15) is 13.2 Å². The van der Waals surface area contributed by atoms with Crippen LogP contribution in [0.3, 0.4) is 0 Å². The van der Waals surface area contributed by atoms with Crippen LogP contribution < -0.4 is 5.56 Å². The van der Waals surface area contributed by atoms with E-state index in [0.29, 0.717) is 17.5 Å². The molecule has 1 heterocycles. The third-order valence-electron chi connectivity index (χ3n) is 2.86. The van der Waals surface area contributed by atoms with Crippen LogP contribution in [0.5, 0.6) is 0 Å². The second-order valence-electron chi connectivity index (χ2n) is 4.74. The monoisotopic (exact) mass is 306 g/mol. The first kappa shape index (κ1) is 17.2. The molecule has 0 aliphatic carbocycles. The molecule has 0 saturated heterocycles. The van der Waals surface area contributed by atoms with E-state index in [2.05, 4.69) is 4.74 Å². The molecule has 5 nitrogen and oxygen atoms in total. The number of aromatic nitrogens is 1. The Labute approximate surface area is 119 Å². The van der Waals surface area contributed by atoms with Crippen LogP contribution >= 0.6 is 0 Å². The summed E-state index contributed by atoms with van der Waals surface area (Å²) in [5.41, 5.74) is -2.47. The molecule has 1 aromatic rings. The minimum atomic E-state index is -4.66. The lowest BCUT2D eigenvalue weighted by molar-refractivity contribution is -0.144. The van der Waals surface area contributed by atoms with Crippen molar-refractivity contribution in [1.82, 2.24) is 9.47 Å². The van der Waals surface area contributed by atoms with Crippen LogP contribution in [0.2, 0.25) is 0 Å². The Morgan fingerprint density at radius 3 is 2.43 bits per heavy atom. The van der Waals surface area contributed by atoms with Crippen molar-refractivity contribution in [3.8, 4) is 0 Å². The molecule has 0 atom stereocenters. The summed E-state index contributed by atoms with van der Waals surface area (Å²) in [7, 11) is 4.62. The predicted molar refractivity (Wildman–Crippen MR) is 70.2 cm³/mol. The second-order valence-corrected chi connectivity index (χ2v) is 4.74. The fraction of sp³-hybridized carbons (Fsp3) is 0.538. The van der Waals surface area contributed by atoms with Crippen molar-refractivity contribution >= 4 is 5.97 Å². The number of ether oxygens (including phenoxy) is 1. The van der Waals surface area contributed by atoms with Crippen molar-refractivity contribution in [2.75, 3.05) is 27.7 Å². The molecule has 0 spiro atoms. The van der Waals surface area contributed by atoms with E-state index < -0.39 is 29.0 Å². The highest BCUT2D eigenvalue weighted by atomic mass is 19.4. The van der Waals surface area contributed by atoms with Gasteiger partial charge in [0.15, 0.2) is 0 Å². The fourth-order valence-electron chi connectivity index (χ4n) is 1.86. The van der Waals surface area contributed by atoms with Gasteiger partial charge in [0.25, 0.3) is 5.56 Å². The summed E-state index contributed by atoms with van der Waals surface area (Å²) in [5, 5.41) is 0. The number of pyridine rings is 1. The third-order valence-corrected chi connectivity index (χ3v) is 2.86. The van der Waals surface area contributed by atoms with Gasteiger partial charge in [0.05, 0.1) is 7.11 Å². The summed E-state index contributed by atoms with van der Waals surface area (Å²) in [4.78, 5) is 25.3. The molecule has 0 aliphatic rings. The Bertz CT molecular complexity index is 565. The number of nitrogens with zero attached hydrogens (tertiary/aromatic N) is 2. The minimum Gasteiger partial charge on any atom is -0.465 e. The maximum absolute atomic E-state index is 12.9. The van der Waals surface area contributed by atoms with Crippen LogP contribution in [0.4, 0.5) is 13.2 Å². The lowest BCUT2D eigenvalue weighted by Crippen LogP contribution is -2.33. The molecule has 0 aromatic carbocycles. The zero-order valence-corrected chi connectivity index (χ0v) is 12.0. The number of carbonyl (C=O) groups excluding carboxylic acids is 1. The van der Waals surface area contributed by atoms with Gasteiger partial charge in [0, 0.05) is 6.54 Å². The van der Waals surface area contributed by atoms with Gasteiger partial charge in [-0.3, -0.25) is 4.79 Å². The van der Waals surface area contributed by atoms with Crippen LogP contribution in [-0.2, 0) is 17.5 Å². The Hall–Kier alpha value is -1.83. The number of esters is 1. The zero-order valence-electron chi connectivity index (χ0n) is 12.0. The van der Waals surface area contributed by atoms with E-state index in [1.54, 1.807) is 19.0 Å². The predicted octanol–water partition coefficient (Wildman–Crippen LogP) is 1.61. The Balaban J connectivity index is 3.26. The van der Waals surface area contributed by atoms with Gasteiger partial charge in [0.2, 0.25) is 0 Å². The zero-order chi connectivity index (χ0) is 16.2. The van der Waals surface area contributed by atoms with E-state index >= 15 is 0 Å². The van der Waals surface area contributed by atoms with Gasteiger partial charge in [0.1, 0.15) is 11.3 Å². The number of carbonyl (C=O) groups is 1. The fourth-order valence-corrected chi connectivity index (χ4v) is 1.86. The van der Waals surface area contributed by atoms with Crippen LogP contribution in [0.15, 0.2) is 16.9 Å².